The maximum absolute atomic E-state index is 12.1. The van der Waals surface area contributed by atoms with Crippen LogP contribution in [0.1, 0.15) is 5.56 Å². The quantitative estimate of drug-likeness (QED) is 0.683. The Morgan fingerprint density at radius 3 is 2.17 bits per heavy atom. The van der Waals surface area contributed by atoms with E-state index >= 15 is 0 Å². The summed E-state index contributed by atoms with van der Waals surface area (Å²) in [5.74, 6) is 1.07. The van der Waals surface area contributed by atoms with Gasteiger partial charge in [0, 0.05) is 41.9 Å². The van der Waals surface area contributed by atoms with Crippen LogP contribution in [0, 0.1) is 6.92 Å². The lowest BCUT2D eigenvalue weighted by atomic mass is 10.2. The second-order valence-electron chi connectivity index (χ2n) is 5.31. The molecule has 0 unspecified atom stereocenters. The number of nitrogens with one attached hydrogen (secondary N) is 2. The Hall–Kier alpha value is -1.91. The molecule has 0 aromatic heterocycles. The van der Waals surface area contributed by atoms with Crippen LogP contribution in [0.5, 0.6) is 0 Å². The second-order valence-corrected chi connectivity index (χ2v) is 6.06. The average Bonchev–Trinajstić information content (AvgIpc) is 2.57. The van der Waals surface area contributed by atoms with Gasteiger partial charge < -0.3 is 15.5 Å². The van der Waals surface area contributed by atoms with E-state index in [1.807, 2.05) is 55.5 Å². The SMILES string of the molecule is Cc1ccccc1NC(=O)Nc1ccc(N(CCCl)CCCl)cc1. The molecule has 0 atom stereocenters. The smallest absolute Gasteiger partial charge is 0.323 e. The van der Waals surface area contributed by atoms with Gasteiger partial charge in [0.1, 0.15) is 0 Å². The molecular formula is C18H21Cl2N3O. The zero-order chi connectivity index (χ0) is 17.4. The number of amides is 2. The van der Waals surface area contributed by atoms with Crippen molar-refractivity contribution in [2.45, 2.75) is 6.92 Å². The third-order valence-corrected chi connectivity index (χ3v) is 3.93. The summed E-state index contributed by atoms with van der Waals surface area (Å²) in [4.78, 5) is 14.2. The molecule has 6 heteroatoms. The first kappa shape index (κ1) is 18.4. The zero-order valence-corrected chi connectivity index (χ0v) is 15.1. The lowest BCUT2D eigenvalue weighted by molar-refractivity contribution is 0.262. The average molecular weight is 366 g/mol. The highest BCUT2D eigenvalue weighted by atomic mass is 35.5. The third-order valence-electron chi connectivity index (χ3n) is 3.59. The van der Waals surface area contributed by atoms with Crippen LogP contribution < -0.4 is 15.5 Å². The fourth-order valence-corrected chi connectivity index (χ4v) is 2.74. The van der Waals surface area contributed by atoms with Gasteiger partial charge in [0.25, 0.3) is 0 Å². The van der Waals surface area contributed by atoms with Gasteiger partial charge in [0.15, 0.2) is 0 Å². The molecule has 2 rings (SSSR count). The van der Waals surface area contributed by atoms with Crippen molar-refractivity contribution in [2.24, 2.45) is 0 Å². The van der Waals surface area contributed by atoms with Crippen LogP contribution in [0.15, 0.2) is 48.5 Å². The van der Waals surface area contributed by atoms with E-state index in [0.717, 1.165) is 35.7 Å². The van der Waals surface area contributed by atoms with E-state index in [4.69, 9.17) is 23.2 Å². The monoisotopic (exact) mass is 365 g/mol. The minimum Gasteiger partial charge on any atom is -0.369 e. The van der Waals surface area contributed by atoms with Gasteiger partial charge in [-0.1, -0.05) is 18.2 Å². The Labute approximate surface area is 152 Å². The number of para-hydroxylation sites is 1. The Bertz CT molecular complexity index is 656. The van der Waals surface area contributed by atoms with Gasteiger partial charge in [0.2, 0.25) is 0 Å². The highest BCUT2D eigenvalue weighted by Gasteiger charge is 2.07. The number of hydrogen-bond donors (Lipinski definition) is 2. The molecule has 2 amide bonds. The lowest BCUT2D eigenvalue weighted by Crippen LogP contribution is -2.27. The Morgan fingerprint density at radius 2 is 1.58 bits per heavy atom. The van der Waals surface area contributed by atoms with E-state index in [1.54, 1.807) is 0 Å². The van der Waals surface area contributed by atoms with E-state index in [1.165, 1.54) is 0 Å². The van der Waals surface area contributed by atoms with Crippen LogP contribution in [0.4, 0.5) is 21.9 Å². The van der Waals surface area contributed by atoms with Crippen molar-refractivity contribution in [2.75, 3.05) is 40.4 Å². The van der Waals surface area contributed by atoms with Crippen LogP contribution in [-0.2, 0) is 0 Å². The third kappa shape index (κ3) is 5.32. The van der Waals surface area contributed by atoms with Crippen LogP contribution >= 0.6 is 23.2 Å². The van der Waals surface area contributed by atoms with Crippen LogP contribution in [0.25, 0.3) is 0 Å². The van der Waals surface area contributed by atoms with Gasteiger partial charge in [-0.15, -0.1) is 23.2 Å². The molecular weight excluding hydrogens is 345 g/mol. The summed E-state index contributed by atoms with van der Waals surface area (Å²) in [6, 6.07) is 15.0. The van der Waals surface area contributed by atoms with E-state index in [9.17, 15) is 4.79 Å². The van der Waals surface area contributed by atoms with Crippen molar-refractivity contribution < 1.29 is 4.79 Å². The number of anilines is 3. The second kappa shape index (κ2) is 9.40. The summed E-state index contributed by atoms with van der Waals surface area (Å²) >= 11 is 11.6. The summed E-state index contributed by atoms with van der Waals surface area (Å²) in [5.41, 5.74) is 3.56. The van der Waals surface area contributed by atoms with Gasteiger partial charge in [0.05, 0.1) is 0 Å². The Morgan fingerprint density at radius 1 is 0.958 bits per heavy atom. The number of urea groups is 1. The van der Waals surface area contributed by atoms with Crippen molar-refractivity contribution in [1.82, 2.24) is 0 Å². The molecule has 0 bridgehead atoms. The molecule has 0 aliphatic rings. The summed E-state index contributed by atoms with van der Waals surface area (Å²) in [6.07, 6.45) is 0. The minimum absolute atomic E-state index is 0.268. The van der Waals surface area contributed by atoms with Crippen LogP contribution in [0.3, 0.4) is 0 Å². The molecule has 0 aliphatic heterocycles. The number of rotatable bonds is 7. The number of carbonyl (C=O) groups excluding carboxylic acids is 1. The van der Waals surface area contributed by atoms with Crippen molar-refractivity contribution in [3.05, 3.63) is 54.1 Å². The van der Waals surface area contributed by atoms with Crippen molar-refractivity contribution in [3.63, 3.8) is 0 Å². The molecule has 0 heterocycles. The Balaban J connectivity index is 1.98. The number of hydrogen-bond acceptors (Lipinski definition) is 2. The van der Waals surface area contributed by atoms with E-state index in [-0.39, 0.29) is 6.03 Å². The summed E-state index contributed by atoms with van der Waals surface area (Å²) in [6.45, 7) is 3.41. The Kier molecular flexibility index (Phi) is 7.22. The fraction of sp³-hybridized carbons (Fsp3) is 0.278. The number of aryl methyl sites for hydroxylation is 1. The molecule has 128 valence electrons. The molecule has 0 saturated heterocycles. The fourth-order valence-electron chi connectivity index (χ4n) is 2.33. The summed E-state index contributed by atoms with van der Waals surface area (Å²) < 4.78 is 0. The van der Waals surface area contributed by atoms with Gasteiger partial charge in [-0.25, -0.2) is 4.79 Å². The number of benzene rings is 2. The van der Waals surface area contributed by atoms with E-state index < -0.39 is 0 Å². The van der Waals surface area contributed by atoms with Gasteiger partial charge in [-0.2, -0.15) is 0 Å². The molecule has 2 N–H and O–H groups in total. The standard InChI is InChI=1S/C18H21Cl2N3O/c1-14-4-2-3-5-17(14)22-18(24)21-15-6-8-16(9-7-15)23(12-10-19)13-11-20/h2-9H,10-13H2,1H3,(H2,21,22,24). The maximum Gasteiger partial charge on any atom is 0.323 e. The molecule has 0 saturated carbocycles. The van der Waals surface area contributed by atoms with Crippen molar-refractivity contribution in [1.29, 1.82) is 0 Å². The number of nitrogens with zero attached hydrogens (tertiary/aromatic N) is 1. The normalized spacial score (nSPS) is 10.3. The van der Waals surface area contributed by atoms with E-state index in [0.29, 0.717) is 11.8 Å². The first-order valence-electron chi connectivity index (χ1n) is 7.74. The van der Waals surface area contributed by atoms with Crippen molar-refractivity contribution in [3.8, 4) is 0 Å². The molecule has 0 fully saturated rings. The molecule has 24 heavy (non-hydrogen) atoms. The molecule has 0 aliphatic carbocycles. The molecule has 4 nitrogen and oxygen atoms in total. The molecule has 0 spiro atoms. The number of halogens is 2. The van der Waals surface area contributed by atoms with Crippen LogP contribution in [-0.4, -0.2) is 30.9 Å². The highest BCUT2D eigenvalue weighted by Crippen LogP contribution is 2.19. The van der Waals surface area contributed by atoms with E-state index in [2.05, 4.69) is 15.5 Å². The topological polar surface area (TPSA) is 44.4 Å². The predicted molar refractivity (Wildman–Crippen MR) is 104 cm³/mol. The predicted octanol–water partition coefficient (Wildman–Crippen LogP) is 4.92. The summed E-state index contributed by atoms with van der Waals surface area (Å²) in [5, 5.41) is 5.67. The van der Waals surface area contributed by atoms with Crippen LogP contribution in [0.2, 0.25) is 0 Å². The largest absolute Gasteiger partial charge is 0.369 e. The highest BCUT2D eigenvalue weighted by molar-refractivity contribution is 6.18. The lowest BCUT2D eigenvalue weighted by Gasteiger charge is -2.23. The zero-order valence-electron chi connectivity index (χ0n) is 13.6. The van der Waals surface area contributed by atoms with Gasteiger partial charge >= 0.3 is 6.03 Å². The number of carbonyl (C=O) groups is 1. The molecule has 2 aromatic rings. The van der Waals surface area contributed by atoms with Gasteiger partial charge in [-0.3, -0.25) is 0 Å². The maximum atomic E-state index is 12.1. The summed E-state index contributed by atoms with van der Waals surface area (Å²) in [7, 11) is 0. The van der Waals surface area contributed by atoms with Gasteiger partial charge in [-0.05, 0) is 42.8 Å². The van der Waals surface area contributed by atoms with Crippen molar-refractivity contribution >= 4 is 46.3 Å². The number of alkyl halides is 2. The first-order chi connectivity index (χ1) is 11.6. The molecule has 2 aromatic carbocycles. The first-order valence-corrected chi connectivity index (χ1v) is 8.81. The minimum atomic E-state index is -0.268. The molecule has 0 radical (unpaired) electrons.